The Bertz CT molecular complexity index is 594. The lowest BCUT2D eigenvalue weighted by molar-refractivity contribution is 0.250. The van der Waals surface area contributed by atoms with Gasteiger partial charge < -0.3 is 9.05 Å². The Kier molecular flexibility index (Phi) is 5.88. The Morgan fingerprint density at radius 3 is 2.19 bits per heavy atom. The fourth-order valence-corrected chi connectivity index (χ4v) is 4.10. The van der Waals surface area contributed by atoms with Crippen molar-refractivity contribution < 1.29 is 13.6 Å². The van der Waals surface area contributed by atoms with Crippen molar-refractivity contribution in [2.24, 2.45) is 5.41 Å². The molecule has 0 radical (unpaired) electrons. The summed E-state index contributed by atoms with van der Waals surface area (Å²) in [5.74, 6) is 0. The molecule has 1 rings (SSSR count). The van der Waals surface area contributed by atoms with Crippen molar-refractivity contribution in [3.05, 3.63) is 48.6 Å². The molecule has 0 fully saturated rings. The molecule has 1 aromatic rings. The fraction of sp³-hybridized carbons (Fsp3) is 0.333. The largest absolute Gasteiger partial charge is 0.340 e. The molecule has 1 atom stereocenters. The first-order chi connectivity index (χ1) is 10.0. The number of allylic oxidation sites excluding steroid dienone is 1. The van der Waals surface area contributed by atoms with E-state index in [1.54, 1.807) is 30.3 Å². The van der Waals surface area contributed by atoms with E-state index in [0.717, 1.165) is 0 Å². The molecular weight excluding hydrogens is 287 g/mol. The second-order valence-corrected chi connectivity index (χ2v) is 6.73. The first-order valence-corrected chi connectivity index (χ1v) is 7.84. The van der Waals surface area contributed by atoms with Gasteiger partial charge in [-0.3, -0.25) is 4.57 Å². The van der Waals surface area contributed by atoms with Crippen LogP contribution in [-0.4, -0.2) is 14.2 Å². The number of hydrogen-bond donors (Lipinski definition) is 0. The summed E-state index contributed by atoms with van der Waals surface area (Å²) in [7, 11) is -1.20. The standard InChI is InChI=1S/C15H17N2O3P/c1-4-10-15(11-16,12-17)14(21(18,19-2)20-3)13-8-6-5-7-9-13/h4-9,14H,1,10H2,2-3H3. The van der Waals surface area contributed by atoms with E-state index in [9.17, 15) is 15.1 Å². The van der Waals surface area contributed by atoms with Gasteiger partial charge in [0, 0.05) is 14.2 Å². The van der Waals surface area contributed by atoms with Crippen LogP contribution in [0.4, 0.5) is 0 Å². The molecule has 0 saturated heterocycles. The fourth-order valence-electron chi connectivity index (χ4n) is 2.24. The molecule has 1 unspecified atom stereocenters. The third-order valence-electron chi connectivity index (χ3n) is 3.27. The minimum absolute atomic E-state index is 0.0519. The topological polar surface area (TPSA) is 83.1 Å². The highest BCUT2D eigenvalue weighted by molar-refractivity contribution is 7.54. The van der Waals surface area contributed by atoms with E-state index in [4.69, 9.17) is 9.05 Å². The molecule has 0 aliphatic carbocycles. The van der Waals surface area contributed by atoms with E-state index in [0.29, 0.717) is 5.56 Å². The van der Waals surface area contributed by atoms with Crippen LogP contribution >= 0.6 is 7.60 Å². The van der Waals surface area contributed by atoms with E-state index in [-0.39, 0.29) is 6.42 Å². The first-order valence-electron chi connectivity index (χ1n) is 6.23. The van der Waals surface area contributed by atoms with Gasteiger partial charge in [0.2, 0.25) is 0 Å². The lowest BCUT2D eigenvalue weighted by Crippen LogP contribution is -2.26. The molecule has 0 saturated carbocycles. The molecule has 0 heterocycles. The molecule has 6 heteroatoms. The molecule has 0 spiro atoms. The molecule has 110 valence electrons. The average Bonchev–Trinajstić information content (AvgIpc) is 2.55. The van der Waals surface area contributed by atoms with Crippen molar-refractivity contribution in [3.63, 3.8) is 0 Å². The number of benzene rings is 1. The maximum atomic E-state index is 12.9. The third-order valence-corrected chi connectivity index (χ3v) is 5.66. The lowest BCUT2D eigenvalue weighted by atomic mass is 9.81. The van der Waals surface area contributed by atoms with Crippen LogP contribution in [-0.2, 0) is 13.6 Å². The molecule has 0 aromatic heterocycles. The predicted octanol–water partition coefficient (Wildman–Crippen LogP) is 3.82. The average molecular weight is 304 g/mol. The molecule has 5 nitrogen and oxygen atoms in total. The summed E-state index contributed by atoms with van der Waals surface area (Å²) in [4.78, 5) is 0. The highest BCUT2D eigenvalue weighted by Gasteiger charge is 2.51. The van der Waals surface area contributed by atoms with Crippen LogP contribution in [0.5, 0.6) is 0 Å². The molecule has 0 amide bonds. The first kappa shape index (κ1) is 17.1. The maximum Gasteiger partial charge on any atom is 0.340 e. The van der Waals surface area contributed by atoms with Crippen molar-refractivity contribution in [2.75, 3.05) is 14.2 Å². The summed E-state index contributed by atoms with van der Waals surface area (Å²) in [6.07, 6.45) is 1.51. The molecule has 0 N–H and O–H groups in total. The van der Waals surface area contributed by atoms with Crippen LogP contribution in [0.15, 0.2) is 43.0 Å². The number of nitriles is 2. The monoisotopic (exact) mass is 304 g/mol. The van der Waals surface area contributed by atoms with Gasteiger partial charge in [0.15, 0.2) is 5.41 Å². The van der Waals surface area contributed by atoms with E-state index in [2.05, 4.69) is 6.58 Å². The van der Waals surface area contributed by atoms with E-state index < -0.39 is 18.7 Å². The van der Waals surface area contributed by atoms with E-state index in [1.165, 1.54) is 20.3 Å². The molecule has 21 heavy (non-hydrogen) atoms. The van der Waals surface area contributed by atoms with Gasteiger partial charge in [-0.05, 0) is 12.0 Å². The molecule has 0 aliphatic heterocycles. The third kappa shape index (κ3) is 3.23. The van der Waals surface area contributed by atoms with E-state index >= 15 is 0 Å². The van der Waals surface area contributed by atoms with Crippen LogP contribution in [0.25, 0.3) is 0 Å². The number of nitrogens with zero attached hydrogens (tertiary/aromatic N) is 2. The van der Waals surface area contributed by atoms with Gasteiger partial charge in [0.1, 0.15) is 5.66 Å². The summed E-state index contributed by atoms with van der Waals surface area (Å²) in [5.41, 5.74) is -2.05. The van der Waals surface area contributed by atoms with Gasteiger partial charge in [0.25, 0.3) is 0 Å². The van der Waals surface area contributed by atoms with Crippen molar-refractivity contribution in [1.29, 1.82) is 10.5 Å². The van der Waals surface area contributed by atoms with Crippen molar-refractivity contribution in [2.45, 2.75) is 12.1 Å². The van der Waals surface area contributed by atoms with Crippen molar-refractivity contribution in [3.8, 4) is 12.1 Å². The summed E-state index contributed by atoms with van der Waals surface area (Å²) in [5, 5.41) is 19.1. The van der Waals surface area contributed by atoms with Gasteiger partial charge in [0.05, 0.1) is 12.1 Å². The number of rotatable bonds is 7. The highest BCUT2D eigenvalue weighted by Crippen LogP contribution is 2.67. The van der Waals surface area contributed by atoms with Crippen LogP contribution in [0, 0.1) is 28.1 Å². The minimum atomic E-state index is -3.69. The van der Waals surface area contributed by atoms with Crippen LogP contribution < -0.4 is 0 Å². The van der Waals surface area contributed by atoms with Gasteiger partial charge >= 0.3 is 7.60 Å². The maximum absolute atomic E-state index is 12.9. The Morgan fingerprint density at radius 1 is 1.29 bits per heavy atom. The lowest BCUT2D eigenvalue weighted by Gasteiger charge is -2.32. The van der Waals surface area contributed by atoms with Gasteiger partial charge in [-0.25, -0.2) is 0 Å². The van der Waals surface area contributed by atoms with Crippen molar-refractivity contribution in [1.82, 2.24) is 0 Å². The molecular formula is C15H17N2O3P. The SMILES string of the molecule is C=CCC(C#N)(C#N)C(c1ccccc1)P(=O)(OC)OC. The van der Waals surface area contributed by atoms with E-state index in [1.807, 2.05) is 12.1 Å². The summed E-state index contributed by atoms with van der Waals surface area (Å²) < 4.78 is 23.0. The smallest absolute Gasteiger partial charge is 0.311 e. The zero-order chi connectivity index (χ0) is 15.9. The summed E-state index contributed by atoms with van der Waals surface area (Å²) in [6.45, 7) is 3.58. The molecule has 0 aliphatic rings. The molecule has 1 aromatic carbocycles. The highest BCUT2D eigenvalue weighted by atomic mass is 31.2. The van der Waals surface area contributed by atoms with Gasteiger partial charge in [-0.15, -0.1) is 6.58 Å². The van der Waals surface area contributed by atoms with Crippen LogP contribution in [0.2, 0.25) is 0 Å². The predicted molar refractivity (Wildman–Crippen MR) is 79.3 cm³/mol. The summed E-state index contributed by atoms with van der Waals surface area (Å²) >= 11 is 0. The zero-order valence-corrected chi connectivity index (χ0v) is 12.9. The quantitative estimate of drug-likeness (QED) is 0.564. The second kappa shape index (κ2) is 7.20. The molecule has 0 bridgehead atoms. The second-order valence-electron chi connectivity index (χ2n) is 4.41. The van der Waals surface area contributed by atoms with Crippen molar-refractivity contribution >= 4 is 7.60 Å². The van der Waals surface area contributed by atoms with Crippen LogP contribution in [0.3, 0.4) is 0 Å². The Labute approximate surface area is 125 Å². The Balaban J connectivity index is 3.61. The van der Waals surface area contributed by atoms with Crippen LogP contribution in [0.1, 0.15) is 17.6 Å². The van der Waals surface area contributed by atoms with Gasteiger partial charge in [-0.2, -0.15) is 10.5 Å². The number of hydrogen-bond acceptors (Lipinski definition) is 5. The van der Waals surface area contributed by atoms with Gasteiger partial charge in [-0.1, -0.05) is 36.4 Å². The summed E-state index contributed by atoms with van der Waals surface area (Å²) in [6, 6.07) is 12.6. The minimum Gasteiger partial charge on any atom is -0.311 e. The Morgan fingerprint density at radius 2 is 1.81 bits per heavy atom. The Hall–Kier alpha value is -1.91. The normalized spacial score (nSPS) is 13.0. The zero-order valence-electron chi connectivity index (χ0n) is 12.0.